The molecule has 0 fully saturated rings. The van der Waals surface area contributed by atoms with Crippen LogP contribution in [-0.2, 0) is 6.54 Å². The van der Waals surface area contributed by atoms with Gasteiger partial charge in [0.2, 0.25) is 0 Å². The average molecular weight is 373 g/mol. The third kappa shape index (κ3) is 4.61. The summed E-state index contributed by atoms with van der Waals surface area (Å²) >= 11 is 9.35. The number of rotatable bonds is 6. The normalized spacial score (nSPS) is 10.5. The zero-order valence-electron chi connectivity index (χ0n) is 11.6. The number of hydrogen-bond acceptors (Lipinski definition) is 2. The van der Waals surface area contributed by atoms with E-state index in [9.17, 15) is 4.39 Å². The van der Waals surface area contributed by atoms with Gasteiger partial charge in [0.05, 0.1) is 16.1 Å². The van der Waals surface area contributed by atoms with Gasteiger partial charge in [-0.25, -0.2) is 4.39 Å². The van der Waals surface area contributed by atoms with Crippen molar-refractivity contribution in [3.63, 3.8) is 0 Å². The molecule has 0 aliphatic carbocycles. The Morgan fingerprint density at radius 3 is 2.71 bits per heavy atom. The lowest BCUT2D eigenvalue weighted by molar-refractivity contribution is 0.317. The molecule has 0 saturated carbocycles. The summed E-state index contributed by atoms with van der Waals surface area (Å²) in [7, 11) is 0. The topological polar surface area (TPSA) is 21.3 Å². The van der Waals surface area contributed by atoms with Gasteiger partial charge >= 0.3 is 0 Å². The standard InChI is InChI=1S/C16H16BrClFNO/c1-2-7-21-16-6-4-12(9-14(16)18)20-10-11-3-5-15(19)13(17)8-11/h3-6,8-9,20H,2,7,10H2,1H3. The Morgan fingerprint density at radius 2 is 2.05 bits per heavy atom. The quantitative estimate of drug-likeness (QED) is 0.708. The third-order valence-corrected chi connectivity index (χ3v) is 3.78. The number of halogens is 3. The highest BCUT2D eigenvalue weighted by atomic mass is 79.9. The Balaban J connectivity index is 1.99. The van der Waals surface area contributed by atoms with E-state index in [0.29, 0.717) is 28.4 Å². The van der Waals surface area contributed by atoms with Crippen LogP contribution in [0.3, 0.4) is 0 Å². The van der Waals surface area contributed by atoms with Gasteiger partial charge in [0.15, 0.2) is 0 Å². The van der Waals surface area contributed by atoms with Crippen LogP contribution in [0.5, 0.6) is 5.75 Å². The fourth-order valence-corrected chi connectivity index (χ4v) is 2.45. The van der Waals surface area contributed by atoms with Crippen LogP contribution in [-0.4, -0.2) is 6.61 Å². The lowest BCUT2D eigenvalue weighted by Crippen LogP contribution is -2.01. The van der Waals surface area contributed by atoms with Crippen molar-refractivity contribution in [2.24, 2.45) is 0 Å². The fraction of sp³-hybridized carbons (Fsp3) is 0.250. The Bertz CT molecular complexity index is 621. The molecule has 5 heteroatoms. The highest BCUT2D eigenvalue weighted by molar-refractivity contribution is 9.10. The number of anilines is 1. The van der Waals surface area contributed by atoms with Crippen molar-refractivity contribution in [2.45, 2.75) is 19.9 Å². The molecule has 21 heavy (non-hydrogen) atoms. The van der Waals surface area contributed by atoms with Gasteiger partial charge in [0, 0.05) is 12.2 Å². The molecule has 0 aliphatic heterocycles. The molecule has 2 aromatic carbocycles. The first-order valence-corrected chi connectivity index (χ1v) is 7.87. The van der Waals surface area contributed by atoms with Crippen molar-refractivity contribution >= 4 is 33.2 Å². The third-order valence-electron chi connectivity index (χ3n) is 2.87. The summed E-state index contributed by atoms with van der Waals surface area (Å²) in [6.07, 6.45) is 0.940. The minimum Gasteiger partial charge on any atom is -0.492 e. The van der Waals surface area contributed by atoms with E-state index in [1.54, 1.807) is 12.1 Å². The monoisotopic (exact) mass is 371 g/mol. The van der Waals surface area contributed by atoms with Gasteiger partial charge < -0.3 is 10.1 Å². The first-order chi connectivity index (χ1) is 10.1. The number of nitrogens with one attached hydrogen (secondary N) is 1. The average Bonchev–Trinajstić information content (AvgIpc) is 2.47. The van der Waals surface area contributed by atoms with Gasteiger partial charge in [-0.15, -0.1) is 0 Å². The van der Waals surface area contributed by atoms with Gasteiger partial charge in [-0.2, -0.15) is 0 Å². The molecule has 0 saturated heterocycles. The molecule has 2 rings (SSSR count). The summed E-state index contributed by atoms with van der Waals surface area (Å²) in [5.41, 5.74) is 1.87. The maximum atomic E-state index is 13.2. The number of ether oxygens (including phenoxy) is 1. The molecule has 0 aliphatic rings. The van der Waals surface area contributed by atoms with E-state index in [1.807, 2.05) is 25.1 Å². The Labute approximate surface area is 137 Å². The van der Waals surface area contributed by atoms with Crippen LogP contribution in [0.25, 0.3) is 0 Å². The molecule has 0 radical (unpaired) electrons. The first kappa shape index (κ1) is 16.1. The molecule has 2 nitrogen and oxygen atoms in total. The van der Waals surface area contributed by atoms with Crippen molar-refractivity contribution in [3.05, 3.63) is 57.3 Å². The largest absolute Gasteiger partial charge is 0.492 e. The van der Waals surface area contributed by atoms with Crippen LogP contribution < -0.4 is 10.1 Å². The van der Waals surface area contributed by atoms with Crippen molar-refractivity contribution in [1.29, 1.82) is 0 Å². The van der Waals surface area contributed by atoms with Gasteiger partial charge in [-0.3, -0.25) is 0 Å². The molecule has 0 atom stereocenters. The molecule has 112 valence electrons. The maximum Gasteiger partial charge on any atom is 0.138 e. The van der Waals surface area contributed by atoms with E-state index in [0.717, 1.165) is 17.7 Å². The molecular formula is C16H16BrClFNO. The first-order valence-electron chi connectivity index (χ1n) is 6.70. The van der Waals surface area contributed by atoms with Crippen LogP contribution in [0.15, 0.2) is 40.9 Å². The van der Waals surface area contributed by atoms with Crippen LogP contribution in [0.2, 0.25) is 5.02 Å². The molecule has 0 spiro atoms. The van der Waals surface area contributed by atoms with E-state index in [-0.39, 0.29) is 5.82 Å². The SMILES string of the molecule is CCCOc1ccc(NCc2ccc(F)c(Br)c2)cc1Cl. The molecule has 1 N–H and O–H groups in total. The van der Waals surface area contributed by atoms with Crippen LogP contribution >= 0.6 is 27.5 Å². The second kappa shape index (κ2) is 7.66. The zero-order valence-corrected chi connectivity index (χ0v) is 14.0. The maximum absolute atomic E-state index is 13.2. The van der Waals surface area contributed by atoms with Crippen LogP contribution in [0.4, 0.5) is 10.1 Å². The molecule has 0 amide bonds. The second-order valence-electron chi connectivity index (χ2n) is 4.60. The fourth-order valence-electron chi connectivity index (χ4n) is 1.79. The molecule has 0 heterocycles. The van der Waals surface area contributed by atoms with E-state index >= 15 is 0 Å². The predicted molar refractivity (Wildman–Crippen MR) is 88.7 cm³/mol. The van der Waals surface area contributed by atoms with E-state index in [1.165, 1.54) is 6.07 Å². The highest BCUT2D eigenvalue weighted by Gasteiger charge is 2.04. The minimum atomic E-state index is -0.265. The molecule has 0 bridgehead atoms. The van der Waals surface area contributed by atoms with Gasteiger partial charge in [-0.1, -0.05) is 24.6 Å². The molecule has 2 aromatic rings. The van der Waals surface area contributed by atoms with Crippen LogP contribution in [0, 0.1) is 5.82 Å². The zero-order chi connectivity index (χ0) is 15.2. The van der Waals surface area contributed by atoms with Gasteiger partial charge in [0.1, 0.15) is 11.6 Å². The second-order valence-corrected chi connectivity index (χ2v) is 5.86. The van der Waals surface area contributed by atoms with E-state index in [2.05, 4.69) is 21.2 Å². The Kier molecular flexibility index (Phi) is 5.88. The lowest BCUT2D eigenvalue weighted by Gasteiger charge is -2.11. The summed E-state index contributed by atoms with van der Waals surface area (Å²) in [6.45, 7) is 3.28. The molecule has 0 aromatic heterocycles. The van der Waals surface area contributed by atoms with Gasteiger partial charge in [-0.05, 0) is 58.2 Å². The highest BCUT2D eigenvalue weighted by Crippen LogP contribution is 2.28. The predicted octanol–water partition coefficient (Wildman–Crippen LogP) is 5.64. The summed E-state index contributed by atoms with van der Waals surface area (Å²) in [5.74, 6) is 0.424. The Morgan fingerprint density at radius 1 is 1.24 bits per heavy atom. The summed E-state index contributed by atoms with van der Waals surface area (Å²) in [5, 5.41) is 3.83. The lowest BCUT2D eigenvalue weighted by atomic mass is 10.2. The summed E-state index contributed by atoms with van der Waals surface area (Å²) in [4.78, 5) is 0. The molecular weight excluding hydrogens is 357 g/mol. The summed E-state index contributed by atoms with van der Waals surface area (Å²) in [6, 6.07) is 10.5. The van der Waals surface area contributed by atoms with E-state index in [4.69, 9.17) is 16.3 Å². The van der Waals surface area contributed by atoms with Crippen molar-refractivity contribution < 1.29 is 9.13 Å². The number of benzene rings is 2. The van der Waals surface area contributed by atoms with Crippen molar-refractivity contribution in [3.8, 4) is 5.75 Å². The molecule has 0 unspecified atom stereocenters. The van der Waals surface area contributed by atoms with Crippen LogP contribution in [0.1, 0.15) is 18.9 Å². The van der Waals surface area contributed by atoms with Crippen molar-refractivity contribution in [1.82, 2.24) is 0 Å². The van der Waals surface area contributed by atoms with Crippen molar-refractivity contribution in [2.75, 3.05) is 11.9 Å². The minimum absolute atomic E-state index is 0.265. The number of hydrogen-bond donors (Lipinski definition) is 1. The van der Waals surface area contributed by atoms with Gasteiger partial charge in [0.25, 0.3) is 0 Å². The Hall–Kier alpha value is -1.26. The van der Waals surface area contributed by atoms with E-state index < -0.39 is 0 Å². The summed E-state index contributed by atoms with van der Waals surface area (Å²) < 4.78 is 19.1. The smallest absolute Gasteiger partial charge is 0.138 e.